The molecular weight excluding hydrogens is 380 g/mol. The number of hydrogen-bond donors (Lipinski definition) is 1. The number of thioether (sulfide) groups is 1. The fourth-order valence-electron chi connectivity index (χ4n) is 2.76. The lowest BCUT2D eigenvalue weighted by Crippen LogP contribution is -2.27. The Morgan fingerprint density at radius 3 is 2.74 bits per heavy atom. The minimum atomic E-state index is -1.06. The molecule has 1 saturated heterocycles. The van der Waals surface area contributed by atoms with Gasteiger partial charge in [0.2, 0.25) is 0 Å². The number of benzene rings is 2. The van der Waals surface area contributed by atoms with Gasteiger partial charge >= 0.3 is 5.97 Å². The van der Waals surface area contributed by atoms with E-state index >= 15 is 0 Å². The average molecular weight is 392 g/mol. The second-order valence-corrected chi connectivity index (χ2v) is 7.48. The molecule has 0 unspecified atom stereocenters. The summed E-state index contributed by atoms with van der Waals surface area (Å²) in [7, 11) is 0. The van der Waals surface area contributed by atoms with Gasteiger partial charge in [-0.2, -0.15) is 0 Å². The SMILES string of the molecule is O=C(O)c1cccc(N2C(=O)/C(=C\c3ccc4ccccc4n3)SC2=S)c1. The van der Waals surface area contributed by atoms with Crippen molar-refractivity contribution >= 4 is 62.8 Å². The Bertz CT molecular complexity index is 1140. The first-order valence-corrected chi connectivity index (χ1v) is 9.22. The van der Waals surface area contributed by atoms with Crippen LogP contribution in [-0.4, -0.2) is 26.3 Å². The fraction of sp³-hybridized carbons (Fsp3) is 0. The fourth-order valence-corrected chi connectivity index (χ4v) is 4.05. The highest BCUT2D eigenvalue weighted by Gasteiger charge is 2.33. The van der Waals surface area contributed by atoms with Crippen LogP contribution in [0.5, 0.6) is 0 Å². The third kappa shape index (κ3) is 3.34. The molecule has 7 heteroatoms. The number of pyridine rings is 1. The van der Waals surface area contributed by atoms with Crippen molar-refractivity contribution in [3.63, 3.8) is 0 Å². The van der Waals surface area contributed by atoms with Crippen molar-refractivity contribution in [2.24, 2.45) is 0 Å². The number of nitrogens with zero attached hydrogens (tertiary/aromatic N) is 2. The van der Waals surface area contributed by atoms with Crippen LogP contribution in [0.15, 0.2) is 65.6 Å². The number of carboxylic acid groups (broad SMARTS) is 1. The van der Waals surface area contributed by atoms with Gasteiger partial charge in [-0.1, -0.05) is 54.3 Å². The Hall–Kier alpha value is -3.03. The predicted octanol–water partition coefficient (Wildman–Crippen LogP) is 4.34. The molecule has 5 nitrogen and oxygen atoms in total. The lowest BCUT2D eigenvalue weighted by Gasteiger charge is -2.14. The average Bonchev–Trinajstić information content (AvgIpc) is 2.95. The van der Waals surface area contributed by atoms with Gasteiger partial charge in [0.1, 0.15) is 0 Å². The molecule has 27 heavy (non-hydrogen) atoms. The molecule has 2 heterocycles. The normalized spacial score (nSPS) is 15.7. The van der Waals surface area contributed by atoms with Crippen molar-refractivity contribution in [2.75, 3.05) is 4.90 Å². The first-order valence-electron chi connectivity index (χ1n) is 8.00. The lowest BCUT2D eigenvalue weighted by atomic mass is 10.2. The number of carbonyl (C=O) groups is 2. The number of thiocarbonyl (C=S) groups is 1. The minimum Gasteiger partial charge on any atom is -0.478 e. The Kier molecular flexibility index (Phi) is 4.47. The molecule has 1 aliphatic rings. The molecule has 0 saturated carbocycles. The summed E-state index contributed by atoms with van der Waals surface area (Å²) in [6.07, 6.45) is 1.70. The van der Waals surface area contributed by atoms with Gasteiger partial charge in [-0.25, -0.2) is 9.78 Å². The molecule has 1 fully saturated rings. The largest absolute Gasteiger partial charge is 0.478 e. The van der Waals surface area contributed by atoms with Crippen LogP contribution < -0.4 is 4.90 Å². The van der Waals surface area contributed by atoms with E-state index in [1.807, 2.05) is 36.4 Å². The molecule has 3 aromatic rings. The first kappa shape index (κ1) is 17.4. The van der Waals surface area contributed by atoms with E-state index in [1.54, 1.807) is 18.2 Å². The molecule has 0 atom stereocenters. The molecule has 1 amide bonds. The Morgan fingerprint density at radius 1 is 1.11 bits per heavy atom. The van der Waals surface area contributed by atoms with Crippen LogP contribution in [0, 0.1) is 0 Å². The summed E-state index contributed by atoms with van der Waals surface area (Å²) in [6, 6.07) is 17.7. The van der Waals surface area contributed by atoms with E-state index in [1.165, 1.54) is 28.8 Å². The predicted molar refractivity (Wildman–Crippen MR) is 111 cm³/mol. The molecule has 0 radical (unpaired) electrons. The summed E-state index contributed by atoms with van der Waals surface area (Å²) in [4.78, 5) is 30.4. The summed E-state index contributed by atoms with van der Waals surface area (Å²) < 4.78 is 0.356. The van der Waals surface area contributed by atoms with Crippen LogP contribution >= 0.6 is 24.0 Å². The molecule has 1 aliphatic heterocycles. The smallest absolute Gasteiger partial charge is 0.335 e. The van der Waals surface area contributed by atoms with E-state index in [0.717, 1.165) is 10.9 Å². The summed E-state index contributed by atoms with van der Waals surface area (Å²) >= 11 is 6.51. The molecule has 1 N–H and O–H groups in total. The zero-order chi connectivity index (χ0) is 19.0. The van der Waals surface area contributed by atoms with Crippen molar-refractivity contribution in [3.8, 4) is 0 Å². The van der Waals surface area contributed by atoms with Gasteiger partial charge in [-0.3, -0.25) is 9.69 Å². The topological polar surface area (TPSA) is 70.5 Å². The molecule has 1 aromatic heterocycles. The molecule has 0 spiro atoms. The summed E-state index contributed by atoms with van der Waals surface area (Å²) in [6.45, 7) is 0. The van der Waals surface area contributed by atoms with Crippen LogP contribution in [0.2, 0.25) is 0 Å². The van der Waals surface area contributed by atoms with Gasteiger partial charge in [0.15, 0.2) is 4.32 Å². The zero-order valence-electron chi connectivity index (χ0n) is 13.8. The molecule has 0 bridgehead atoms. The van der Waals surface area contributed by atoms with E-state index in [9.17, 15) is 9.59 Å². The Morgan fingerprint density at radius 2 is 1.93 bits per heavy atom. The summed E-state index contributed by atoms with van der Waals surface area (Å²) in [5, 5.41) is 10.2. The molecule has 132 valence electrons. The molecule has 2 aromatic carbocycles. The number of carbonyl (C=O) groups excluding carboxylic acids is 1. The third-order valence-corrected chi connectivity index (χ3v) is 5.35. The van der Waals surface area contributed by atoms with Crippen molar-refractivity contribution in [1.82, 2.24) is 4.98 Å². The number of carboxylic acids is 1. The monoisotopic (exact) mass is 392 g/mol. The van der Waals surface area contributed by atoms with Crippen molar-refractivity contribution in [3.05, 3.63) is 76.8 Å². The standard InChI is InChI=1S/C20H12N2O3S2/c23-18-17(11-14-9-8-12-4-1-2-7-16(12)21-14)27-20(26)22(18)15-6-3-5-13(10-15)19(24)25/h1-11H,(H,24,25)/b17-11+. The quantitative estimate of drug-likeness (QED) is 0.528. The van der Waals surface area contributed by atoms with E-state index in [-0.39, 0.29) is 11.5 Å². The number of aromatic nitrogens is 1. The highest BCUT2D eigenvalue weighted by atomic mass is 32.2. The van der Waals surface area contributed by atoms with E-state index in [2.05, 4.69) is 4.98 Å². The van der Waals surface area contributed by atoms with Crippen molar-refractivity contribution < 1.29 is 14.7 Å². The van der Waals surface area contributed by atoms with Gasteiger partial charge in [0.05, 0.1) is 27.4 Å². The Labute approximate surface area is 164 Å². The highest BCUT2D eigenvalue weighted by Crippen LogP contribution is 2.36. The van der Waals surface area contributed by atoms with E-state index < -0.39 is 5.97 Å². The van der Waals surface area contributed by atoms with Crippen LogP contribution in [0.25, 0.3) is 17.0 Å². The van der Waals surface area contributed by atoms with Gasteiger partial charge in [0, 0.05) is 5.39 Å². The van der Waals surface area contributed by atoms with Crippen LogP contribution in [0.4, 0.5) is 5.69 Å². The van der Waals surface area contributed by atoms with Crippen LogP contribution in [0.3, 0.4) is 0 Å². The van der Waals surface area contributed by atoms with Crippen molar-refractivity contribution in [1.29, 1.82) is 0 Å². The van der Waals surface area contributed by atoms with E-state index in [0.29, 0.717) is 20.6 Å². The molecule has 0 aliphatic carbocycles. The number of anilines is 1. The van der Waals surface area contributed by atoms with Crippen LogP contribution in [-0.2, 0) is 4.79 Å². The summed E-state index contributed by atoms with van der Waals surface area (Å²) in [5.74, 6) is -1.35. The maximum atomic E-state index is 12.8. The zero-order valence-corrected chi connectivity index (χ0v) is 15.5. The number of para-hydroxylation sites is 1. The lowest BCUT2D eigenvalue weighted by molar-refractivity contribution is -0.113. The summed E-state index contributed by atoms with van der Waals surface area (Å²) in [5.41, 5.74) is 2.04. The highest BCUT2D eigenvalue weighted by molar-refractivity contribution is 8.27. The first-order chi connectivity index (χ1) is 13.0. The van der Waals surface area contributed by atoms with Gasteiger partial charge in [-0.15, -0.1) is 0 Å². The second-order valence-electron chi connectivity index (χ2n) is 5.80. The number of hydrogen-bond acceptors (Lipinski definition) is 5. The van der Waals surface area contributed by atoms with Gasteiger partial charge in [0.25, 0.3) is 5.91 Å². The minimum absolute atomic E-state index is 0.0988. The van der Waals surface area contributed by atoms with Gasteiger partial charge in [-0.05, 0) is 36.4 Å². The van der Waals surface area contributed by atoms with Gasteiger partial charge < -0.3 is 5.11 Å². The third-order valence-electron chi connectivity index (χ3n) is 4.04. The van der Waals surface area contributed by atoms with E-state index in [4.69, 9.17) is 17.3 Å². The molecule has 4 rings (SSSR count). The second kappa shape index (κ2) is 6.94. The number of aromatic carboxylic acids is 1. The number of amides is 1. The molecular formula is C20H12N2O3S2. The van der Waals surface area contributed by atoms with Crippen molar-refractivity contribution in [2.45, 2.75) is 0 Å². The maximum Gasteiger partial charge on any atom is 0.335 e. The maximum absolute atomic E-state index is 12.8. The van der Waals surface area contributed by atoms with Crippen LogP contribution in [0.1, 0.15) is 16.1 Å². The number of rotatable bonds is 3. The number of fused-ring (bicyclic) bond motifs is 1. The Balaban J connectivity index is 1.68.